The SMILES string of the molecule is N#Cc1cc(Cl)cc(Oc2ccc(C(=O)Nc3ccc(S)cc3)cc2Cl)c1. The first-order chi connectivity index (χ1) is 12.9. The van der Waals surface area contributed by atoms with Gasteiger partial charge >= 0.3 is 0 Å². The standard InChI is InChI=1S/C20H12Cl2N2O2S/c21-14-7-12(11-23)8-16(10-14)26-19-6-1-13(9-18(19)22)20(25)24-15-2-4-17(27)5-3-15/h1-10,27H,(H,24,25). The van der Waals surface area contributed by atoms with Gasteiger partial charge in [0.15, 0.2) is 0 Å². The van der Waals surface area contributed by atoms with Crippen LogP contribution in [0.4, 0.5) is 5.69 Å². The Morgan fingerprint density at radius 3 is 2.44 bits per heavy atom. The fraction of sp³-hybridized carbons (Fsp3) is 0. The van der Waals surface area contributed by atoms with Gasteiger partial charge in [-0.1, -0.05) is 23.2 Å². The number of carbonyl (C=O) groups is 1. The zero-order valence-corrected chi connectivity index (χ0v) is 16.1. The molecule has 134 valence electrons. The van der Waals surface area contributed by atoms with Crippen LogP contribution in [-0.2, 0) is 0 Å². The third-order valence-electron chi connectivity index (χ3n) is 3.55. The molecule has 0 aliphatic rings. The minimum atomic E-state index is -0.301. The lowest BCUT2D eigenvalue weighted by Gasteiger charge is -2.10. The summed E-state index contributed by atoms with van der Waals surface area (Å²) in [6.45, 7) is 0. The molecule has 0 aliphatic carbocycles. The number of carbonyl (C=O) groups excluding carboxylic acids is 1. The van der Waals surface area contributed by atoms with Crippen molar-refractivity contribution in [2.45, 2.75) is 4.90 Å². The minimum Gasteiger partial charge on any atom is -0.456 e. The summed E-state index contributed by atoms with van der Waals surface area (Å²) >= 11 is 16.4. The second-order valence-corrected chi connectivity index (χ2v) is 6.90. The maximum Gasteiger partial charge on any atom is 0.255 e. The second-order valence-electron chi connectivity index (χ2n) is 5.54. The van der Waals surface area contributed by atoms with E-state index >= 15 is 0 Å². The molecule has 3 aromatic rings. The van der Waals surface area contributed by atoms with E-state index in [-0.39, 0.29) is 10.9 Å². The molecule has 0 bridgehead atoms. The molecule has 0 fully saturated rings. The van der Waals surface area contributed by atoms with Crippen LogP contribution >= 0.6 is 35.8 Å². The van der Waals surface area contributed by atoms with E-state index in [4.69, 9.17) is 33.2 Å². The van der Waals surface area contributed by atoms with Gasteiger partial charge in [0.25, 0.3) is 5.91 Å². The largest absolute Gasteiger partial charge is 0.456 e. The summed E-state index contributed by atoms with van der Waals surface area (Å²) in [5.74, 6) is 0.425. The molecule has 0 saturated carbocycles. The summed E-state index contributed by atoms with van der Waals surface area (Å²) in [7, 11) is 0. The number of hydrogen-bond acceptors (Lipinski definition) is 4. The number of nitrogens with one attached hydrogen (secondary N) is 1. The van der Waals surface area contributed by atoms with Crippen LogP contribution < -0.4 is 10.1 Å². The molecule has 3 rings (SSSR count). The Bertz CT molecular complexity index is 1050. The number of anilines is 1. The van der Waals surface area contributed by atoms with Crippen molar-refractivity contribution in [3.05, 3.63) is 81.8 Å². The van der Waals surface area contributed by atoms with Gasteiger partial charge in [0, 0.05) is 21.2 Å². The van der Waals surface area contributed by atoms with Crippen molar-refractivity contribution < 1.29 is 9.53 Å². The smallest absolute Gasteiger partial charge is 0.255 e. The van der Waals surface area contributed by atoms with Gasteiger partial charge in [-0.25, -0.2) is 0 Å². The first kappa shape index (κ1) is 19.1. The molecular formula is C20H12Cl2N2O2S. The second kappa shape index (κ2) is 8.36. The predicted molar refractivity (Wildman–Crippen MR) is 109 cm³/mol. The lowest BCUT2D eigenvalue weighted by Crippen LogP contribution is -2.11. The molecular weight excluding hydrogens is 403 g/mol. The molecule has 0 unspecified atom stereocenters. The van der Waals surface area contributed by atoms with Crippen molar-refractivity contribution in [3.8, 4) is 17.6 Å². The van der Waals surface area contributed by atoms with E-state index in [9.17, 15) is 4.79 Å². The van der Waals surface area contributed by atoms with Gasteiger partial charge in [0.2, 0.25) is 0 Å². The van der Waals surface area contributed by atoms with Crippen LogP contribution in [0.15, 0.2) is 65.6 Å². The molecule has 27 heavy (non-hydrogen) atoms. The minimum absolute atomic E-state index is 0.256. The molecule has 0 aliphatic heterocycles. The number of hydrogen-bond donors (Lipinski definition) is 2. The van der Waals surface area contributed by atoms with Crippen molar-refractivity contribution >= 4 is 47.4 Å². The topological polar surface area (TPSA) is 62.1 Å². The zero-order valence-electron chi connectivity index (χ0n) is 13.7. The molecule has 0 saturated heterocycles. The van der Waals surface area contributed by atoms with E-state index in [1.54, 1.807) is 48.5 Å². The monoisotopic (exact) mass is 414 g/mol. The third kappa shape index (κ3) is 4.95. The third-order valence-corrected chi connectivity index (χ3v) is 4.36. The van der Waals surface area contributed by atoms with E-state index in [0.29, 0.717) is 33.3 Å². The van der Waals surface area contributed by atoms with Crippen LogP contribution in [0, 0.1) is 11.3 Å². The van der Waals surface area contributed by atoms with Crippen molar-refractivity contribution in [1.29, 1.82) is 5.26 Å². The van der Waals surface area contributed by atoms with E-state index in [1.165, 1.54) is 12.1 Å². The zero-order chi connectivity index (χ0) is 19.4. The maximum atomic E-state index is 12.4. The normalized spacial score (nSPS) is 10.1. The Hall–Kier alpha value is -2.65. The first-order valence-electron chi connectivity index (χ1n) is 7.73. The van der Waals surface area contributed by atoms with Gasteiger partial charge < -0.3 is 10.1 Å². The van der Waals surface area contributed by atoms with Crippen LogP contribution in [0.2, 0.25) is 10.0 Å². The van der Waals surface area contributed by atoms with Gasteiger partial charge in [-0.05, 0) is 60.7 Å². The van der Waals surface area contributed by atoms with Crippen molar-refractivity contribution in [2.75, 3.05) is 5.32 Å². The lowest BCUT2D eigenvalue weighted by atomic mass is 10.2. The Morgan fingerprint density at radius 1 is 1.04 bits per heavy atom. The van der Waals surface area contributed by atoms with Gasteiger partial charge in [-0.2, -0.15) is 5.26 Å². The molecule has 3 aromatic carbocycles. The number of benzene rings is 3. The average Bonchev–Trinajstić information content (AvgIpc) is 2.64. The molecule has 0 radical (unpaired) electrons. The van der Waals surface area contributed by atoms with Crippen LogP contribution in [0.3, 0.4) is 0 Å². The molecule has 1 N–H and O–H groups in total. The predicted octanol–water partition coefficient (Wildman–Crippen LogP) is 6.20. The van der Waals surface area contributed by atoms with Gasteiger partial charge in [0.1, 0.15) is 11.5 Å². The summed E-state index contributed by atoms with van der Waals surface area (Å²) in [6.07, 6.45) is 0. The van der Waals surface area contributed by atoms with E-state index in [2.05, 4.69) is 17.9 Å². The van der Waals surface area contributed by atoms with Crippen LogP contribution in [-0.4, -0.2) is 5.91 Å². The molecule has 1 amide bonds. The molecule has 0 atom stereocenters. The van der Waals surface area contributed by atoms with Gasteiger partial charge in [-0.3, -0.25) is 4.79 Å². The maximum absolute atomic E-state index is 12.4. The number of rotatable bonds is 4. The summed E-state index contributed by atoms with van der Waals surface area (Å²) in [4.78, 5) is 13.2. The number of halogens is 2. The number of nitriles is 1. The highest BCUT2D eigenvalue weighted by Crippen LogP contribution is 2.32. The number of nitrogens with zero attached hydrogens (tertiary/aromatic N) is 1. The van der Waals surface area contributed by atoms with E-state index in [0.717, 1.165) is 4.90 Å². The molecule has 0 spiro atoms. The summed E-state index contributed by atoms with van der Waals surface area (Å²) < 4.78 is 5.69. The first-order valence-corrected chi connectivity index (χ1v) is 8.93. The fourth-order valence-corrected chi connectivity index (χ4v) is 2.88. The number of thiol groups is 1. The average molecular weight is 415 g/mol. The molecule has 0 heterocycles. The molecule has 4 nitrogen and oxygen atoms in total. The molecule has 7 heteroatoms. The van der Waals surface area contributed by atoms with E-state index in [1.807, 2.05) is 6.07 Å². The number of amides is 1. The van der Waals surface area contributed by atoms with Crippen LogP contribution in [0.25, 0.3) is 0 Å². The summed E-state index contributed by atoms with van der Waals surface area (Å²) in [5, 5.41) is 12.4. The van der Waals surface area contributed by atoms with Crippen molar-refractivity contribution in [2.24, 2.45) is 0 Å². The van der Waals surface area contributed by atoms with E-state index < -0.39 is 0 Å². The summed E-state index contributed by atoms with van der Waals surface area (Å²) in [6, 6.07) is 18.4. The highest BCUT2D eigenvalue weighted by atomic mass is 35.5. The Morgan fingerprint density at radius 2 is 1.78 bits per heavy atom. The van der Waals surface area contributed by atoms with Crippen molar-refractivity contribution in [1.82, 2.24) is 0 Å². The summed E-state index contributed by atoms with van der Waals surface area (Å²) in [5.41, 5.74) is 1.40. The van der Waals surface area contributed by atoms with Gasteiger partial charge in [-0.15, -0.1) is 12.6 Å². The van der Waals surface area contributed by atoms with Crippen LogP contribution in [0.1, 0.15) is 15.9 Å². The fourth-order valence-electron chi connectivity index (χ4n) is 2.29. The lowest BCUT2D eigenvalue weighted by molar-refractivity contribution is 0.102. The molecule has 0 aromatic heterocycles. The number of ether oxygens (including phenoxy) is 1. The van der Waals surface area contributed by atoms with Crippen molar-refractivity contribution in [3.63, 3.8) is 0 Å². The highest BCUT2D eigenvalue weighted by molar-refractivity contribution is 7.80. The highest BCUT2D eigenvalue weighted by Gasteiger charge is 2.11. The Kier molecular flexibility index (Phi) is 5.92. The Labute approximate surface area is 171 Å². The quantitative estimate of drug-likeness (QED) is 0.499. The van der Waals surface area contributed by atoms with Crippen LogP contribution in [0.5, 0.6) is 11.5 Å². The Balaban J connectivity index is 1.77. The van der Waals surface area contributed by atoms with Gasteiger partial charge in [0.05, 0.1) is 16.7 Å².